The number of nitrogens with one attached hydrogen (secondary N) is 1. The van der Waals surface area contributed by atoms with Gasteiger partial charge in [-0.2, -0.15) is 0 Å². The third-order valence-electron chi connectivity index (χ3n) is 3.39. The van der Waals surface area contributed by atoms with E-state index in [0.717, 1.165) is 10.6 Å². The Labute approximate surface area is 147 Å². The molecule has 0 fully saturated rings. The lowest BCUT2D eigenvalue weighted by molar-refractivity contribution is -0.120. The molecular formula is C19H23NOS2. The number of carbonyl (C=O) groups excluding carboxylic acids is 1. The van der Waals surface area contributed by atoms with Gasteiger partial charge in [0, 0.05) is 22.1 Å². The predicted molar refractivity (Wildman–Crippen MR) is 101 cm³/mol. The number of aryl methyl sites for hydroxylation is 2. The molecule has 0 aliphatic carbocycles. The van der Waals surface area contributed by atoms with Crippen LogP contribution in [0.25, 0.3) is 0 Å². The van der Waals surface area contributed by atoms with E-state index in [9.17, 15) is 4.79 Å². The second-order valence-electron chi connectivity index (χ2n) is 5.53. The number of hydrogen-bond donors (Lipinski definition) is 1. The minimum Gasteiger partial charge on any atom is -0.354 e. The Bertz CT molecular complexity index is 623. The van der Waals surface area contributed by atoms with E-state index in [0.29, 0.717) is 6.54 Å². The highest BCUT2D eigenvalue weighted by Gasteiger charge is 2.13. The average molecular weight is 346 g/mol. The summed E-state index contributed by atoms with van der Waals surface area (Å²) in [6.07, 6.45) is 0. The molecule has 0 radical (unpaired) electrons. The third-order valence-corrected chi connectivity index (χ3v) is 5.52. The average Bonchev–Trinajstić information content (AvgIpc) is 2.55. The van der Waals surface area contributed by atoms with Crippen LogP contribution in [-0.4, -0.2) is 23.5 Å². The van der Waals surface area contributed by atoms with Gasteiger partial charge in [0.2, 0.25) is 5.91 Å². The van der Waals surface area contributed by atoms with Crippen LogP contribution in [-0.2, 0) is 4.79 Å². The molecule has 0 spiro atoms. The first kappa shape index (κ1) is 18.0. The van der Waals surface area contributed by atoms with Crippen molar-refractivity contribution in [3.05, 3.63) is 59.7 Å². The number of benzene rings is 2. The lowest BCUT2D eigenvalue weighted by Gasteiger charge is -2.12. The summed E-state index contributed by atoms with van der Waals surface area (Å²) < 4.78 is 0. The Balaban J connectivity index is 1.69. The SMILES string of the molecule is Cc1ccc(SCCNC(=O)C(C)Sc2ccc(C)cc2)cc1. The molecule has 2 aromatic carbocycles. The van der Waals surface area contributed by atoms with Gasteiger partial charge in [-0.05, 0) is 45.0 Å². The molecule has 23 heavy (non-hydrogen) atoms. The molecule has 1 N–H and O–H groups in total. The summed E-state index contributed by atoms with van der Waals surface area (Å²) in [5.74, 6) is 0.983. The number of thioether (sulfide) groups is 2. The fourth-order valence-corrected chi connectivity index (χ4v) is 3.66. The van der Waals surface area contributed by atoms with Gasteiger partial charge >= 0.3 is 0 Å². The summed E-state index contributed by atoms with van der Waals surface area (Å²) in [4.78, 5) is 14.5. The fraction of sp³-hybridized carbons (Fsp3) is 0.316. The van der Waals surface area contributed by atoms with E-state index in [4.69, 9.17) is 0 Å². The van der Waals surface area contributed by atoms with E-state index in [1.54, 1.807) is 23.5 Å². The number of amides is 1. The Morgan fingerprint density at radius 3 is 2.04 bits per heavy atom. The van der Waals surface area contributed by atoms with Crippen molar-refractivity contribution in [3.8, 4) is 0 Å². The van der Waals surface area contributed by atoms with Crippen molar-refractivity contribution in [3.63, 3.8) is 0 Å². The van der Waals surface area contributed by atoms with Crippen molar-refractivity contribution >= 4 is 29.4 Å². The van der Waals surface area contributed by atoms with E-state index in [-0.39, 0.29) is 11.2 Å². The highest BCUT2D eigenvalue weighted by molar-refractivity contribution is 8.00. The van der Waals surface area contributed by atoms with Crippen LogP contribution in [0.15, 0.2) is 58.3 Å². The topological polar surface area (TPSA) is 29.1 Å². The van der Waals surface area contributed by atoms with Gasteiger partial charge in [-0.15, -0.1) is 23.5 Å². The van der Waals surface area contributed by atoms with Gasteiger partial charge in [-0.3, -0.25) is 4.79 Å². The third kappa shape index (κ3) is 6.32. The largest absolute Gasteiger partial charge is 0.354 e. The van der Waals surface area contributed by atoms with Crippen LogP contribution in [0.2, 0.25) is 0 Å². The van der Waals surface area contributed by atoms with Crippen LogP contribution in [0.1, 0.15) is 18.1 Å². The summed E-state index contributed by atoms with van der Waals surface area (Å²) >= 11 is 3.36. The van der Waals surface area contributed by atoms with Gasteiger partial charge in [0.15, 0.2) is 0 Å². The maximum Gasteiger partial charge on any atom is 0.233 e. The van der Waals surface area contributed by atoms with E-state index >= 15 is 0 Å². The highest BCUT2D eigenvalue weighted by atomic mass is 32.2. The number of hydrogen-bond acceptors (Lipinski definition) is 3. The van der Waals surface area contributed by atoms with E-state index in [2.05, 4.69) is 67.7 Å². The molecule has 0 saturated heterocycles. The molecule has 4 heteroatoms. The molecule has 1 amide bonds. The summed E-state index contributed by atoms with van der Waals surface area (Å²) in [6.45, 7) is 6.79. The van der Waals surface area contributed by atoms with Crippen molar-refractivity contribution in [1.82, 2.24) is 5.32 Å². The molecule has 1 unspecified atom stereocenters. The van der Waals surface area contributed by atoms with Gasteiger partial charge < -0.3 is 5.32 Å². The maximum atomic E-state index is 12.1. The van der Waals surface area contributed by atoms with Crippen molar-refractivity contribution in [2.45, 2.75) is 35.8 Å². The zero-order chi connectivity index (χ0) is 16.7. The highest BCUT2D eigenvalue weighted by Crippen LogP contribution is 2.23. The minimum absolute atomic E-state index is 0.0814. The summed E-state index contributed by atoms with van der Waals surface area (Å²) in [6, 6.07) is 16.8. The fourth-order valence-electron chi connectivity index (χ4n) is 2.00. The van der Waals surface area contributed by atoms with Gasteiger partial charge in [-0.1, -0.05) is 35.4 Å². The van der Waals surface area contributed by atoms with E-state index < -0.39 is 0 Å². The van der Waals surface area contributed by atoms with Crippen LogP contribution in [0.3, 0.4) is 0 Å². The number of rotatable bonds is 7. The smallest absolute Gasteiger partial charge is 0.233 e. The molecule has 0 aliphatic rings. The Kier molecular flexibility index (Phi) is 7.06. The molecule has 0 bridgehead atoms. The van der Waals surface area contributed by atoms with Crippen LogP contribution in [0, 0.1) is 13.8 Å². The molecule has 2 aromatic rings. The zero-order valence-corrected chi connectivity index (χ0v) is 15.5. The molecule has 1 atom stereocenters. The molecule has 0 saturated carbocycles. The van der Waals surface area contributed by atoms with Gasteiger partial charge in [0.05, 0.1) is 5.25 Å². The summed E-state index contributed by atoms with van der Waals surface area (Å²) in [5, 5.41) is 2.93. The van der Waals surface area contributed by atoms with Crippen LogP contribution in [0.5, 0.6) is 0 Å². The lowest BCUT2D eigenvalue weighted by atomic mass is 10.2. The van der Waals surface area contributed by atoms with E-state index in [1.165, 1.54) is 16.0 Å². The monoisotopic (exact) mass is 345 g/mol. The van der Waals surface area contributed by atoms with Gasteiger partial charge in [-0.25, -0.2) is 0 Å². The van der Waals surface area contributed by atoms with Crippen LogP contribution in [0.4, 0.5) is 0 Å². The van der Waals surface area contributed by atoms with Crippen molar-refractivity contribution in [1.29, 1.82) is 0 Å². The summed E-state index contributed by atoms with van der Waals surface area (Å²) in [7, 11) is 0. The second-order valence-corrected chi connectivity index (χ2v) is 8.11. The molecule has 2 rings (SSSR count). The first-order valence-corrected chi connectivity index (χ1v) is 9.61. The molecule has 2 nitrogen and oxygen atoms in total. The molecule has 0 heterocycles. The normalized spacial score (nSPS) is 12.0. The van der Waals surface area contributed by atoms with Crippen LogP contribution >= 0.6 is 23.5 Å². The molecule has 0 aromatic heterocycles. The zero-order valence-electron chi connectivity index (χ0n) is 13.8. The first-order valence-electron chi connectivity index (χ1n) is 7.75. The Morgan fingerprint density at radius 1 is 0.957 bits per heavy atom. The summed E-state index contributed by atoms with van der Waals surface area (Å²) in [5.41, 5.74) is 2.50. The first-order chi connectivity index (χ1) is 11.0. The van der Waals surface area contributed by atoms with Crippen molar-refractivity contribution in [2.24, 2.45) is 0 Å². The minimum atomic E-state index is -0.0814. The van der Waals surface area contributed by atoms with Crippen molar-refractivity contribution in [2.75, 3.05) is 12.3 Å². The van der Waals surface area contributed by atoms with Gasteiger partial charge in [0.25, 0.3) is 0 Å². The Hall–Kier alpha value is -1.39. The molecule has 122 valence electrons. The second kappa shape index (κ2) is 9.04. The standard InChI is InChI=1S/C19H23NOS2/c1-14-4-8-17(9-5-14)22-13-12-20-19(21)16(3)23-18-10-6-15(2)7-11-18/h4-11,16H,12-13H2,1-3H3,(H,20,21). The van der Waals surface area contributed by atoms with Crippen LogP contribution < -0.4 is 5.32 Å². The lowest BCUT2D eigenvalue weighted by Crippen LogP contribution is -2.32. The maximum absolute atomic E-state index is 12.1. The molecule has 0 aliphatic heterocycles. The Morgan fingerprint density at radius 2 is 1.48 bits per heavy atom. The quantitative estimate of drug-likeness (QED) is 0.583. The predicted octanol–water partition coefficient (Wildman–Crippen LogP) is 4.69. The van der Waals surface area contributed by atoms with Crippen molar-refractivity contribution < 1.29 is 4.79 Å². The van der Waals surface area contributed by atoms with E-state index in [1.807, 2.05) is 6.92 Å². The number of carbonyl (C=O) groups is 1. The molecular weight excluding hydrogens is 322 g/mol. The van der Waals surface area contributed by atoms with Gasteiger partial charge in [0.1, 0.15) is 0 Å².